The van der Waals surface area contributed by atoms with Crippen molar-refractivity contribution in [3.8, 4) is 0 Å². The van der Waals surface area contributed by atoms with E-state index in [0.717, 1.165) is 0 Å². The van der Waals surface area contributed by atoms with Crippen molar-refractivity contribution in [1.29, 1.82) is 0 Å². The number of aliphatic carboxylic acids is 1. The number of rotatable bonds is 1. The van der Waals surface area contributed by atoms with E-state index in [1.54, 1.807) is 0 Å². The molecular weight excluding hydrogens is 91.0 g/mol. The van der Waals surface area contributed by atoms with Gasteiger partial charge in [-0.1, -0.05) is 0 Å². The summed E-state index contributed by atoms with van der Waals surface area (Å²) in [5.41, 5.74) is 0. The maximum atomic E-state index is 9.35. The molecule has 0 fully saturated rings. The predicted octanol–water partition coefficient (Wildman–Crippen LogP) is -2.74. The maximum Gasteiger partial charge on any atom is 1.00 e. The largest absolute Gasteiger partial charge is 1.00 e. The van der Waals surface area contributed by atoms with E-state index in [2.05, 4.69) is 6.58 Å². The zero-order chi connectivity index (χ0) is 5.15. The fourth-order valence-electron chi connectivity index (χ4n) is 0. The Labute approximate surface area is 54.3 Å². The molecule has 0 spiro atoms. The Morgan fingerprint density at radius 1 is 1.57 bits per heavy atom. The van der Waals surface area contributed by atoms with Crippen LogP contribution in [-0.2, 0) is 4.79 Å². The molecule has 0 bridgehead atoms. The van der Waals surface area contributed by atoms with Gasteiger partial charge in [0.15, 0.2) is 5.76 Å². The third-order valence-corrected chi connectivity index (χ3v) is 0.247. The van der Waals surface area contributed by atoms with Gasteiger partial charge < -0.3 is 11.6 Å². The number of carbonyl (C=O) groups is 1. The van der Waals surface area contributed by atoms with E-state index in [4.69, 9.17) is 10.2 Å². The summed E-state index contributed by atoms with van der Waals surface area (Å²) in [6.45, 7) is 2.71. The minimum atomic E-state index is -1.38. The van der Waals surface area contributed by atoms with E-state index >= 15 is 0 Å². The Balaban J connectivity index is -0.000000125. The normalized spacial score (nSPS) is 6.29. The molecule has 0 aliphatic rings. The van der Waals surface area contributed by atoms with Crippen molar-refractivity contribution in [3.05, 3.63) is 12.3 Å². The Kier molecular flexibility index (Phi) is 5.29. The maximum absolute atomic E-state index is 9.35. The second kappa shape index (κ2) is 3.79. The number of hydrogen-bond acceptors (Lipinski definition) is 2. The molecule has 0 unspecified atom stereocenters. The summed E-state index contributed by atoms with van der Waals surface area (Å²) in [4.78, 5) is 9.35. The molecule has 0 atom stereocenters. The van der Waals surface area contributed by atoms with Crippen molar-refractivity contribution in [1.82, 2.24) is 0 Å². The first kappa shape index (κ1) is 9.79. The molecule has 0 rings (SSSR count). The minimum Gasteiger partial charge on any atom is -1.00 e. The molecule has 0 aliphatic heterocycles. The fourth-order valence-corrected chi connectivity index (χ4v) is 0. The van der Waals surface area contributed by atoms with Gasteiger partial charge in [0, 0.05) is 0 Å². The van der Waals surface area contributed by atoms with Gasteiger partial charge in [0.25, 0.3) is 0 Å². The average molecular weight is 96.0 g/mol. The second-order valence-electron chi connectivity index (χ2n) is 0.752. The van der Waals surface area contributed by atoms with Gasteiger partial charge in [0.2, 0.25) is 0 Å². The van der Waals surface area contributed by atoms with Crippen LogP contribution in [0.4, 0.5) is 0 Å². The summed E-state index contributed by atoms with van der Waals surface area (Å²) in [7, 11) is 0. The van der Waals surface area contributed by atoms with Gasteiger partial charge in [-0.3, -0.25) is 0 Å². The van der Waals surface area contributed by atoms with E-state index in [9.17, 15) is 4.79 Å². The first-order valence-electron chi connectivity index (χ1n) is 1.25. The molecule has 4 heteroatoms. The predicted molar refractivity (Wildman–Crippen MR) is 20.5 cm³/mol. The summed E-state index contributed by atoms with van der Waals surface area (Å²) < 4.78 is 0. The smallest absolute Gasteiger partial charge is 1.00 e. The van der Waals surface area contributed by atoms with E-state index in [1.807, 2.05) is 0 Å². The van der Waals surface area contributed by atoms with Crippen LogP contribution in [-0.4, -0.2) is 16.2 Å². The summed E-state index contributed by atoms with van der Waals surface area (Å²) in [5, 5.41) is 15.5. The molecule has 3 nitrogen and oxygen atoms in total. The molecule has 36 valence electrons. The quantitative estimate of drug-likeness (QED) is 0.211. The molecule has 0 saturated heterocycles. The van der Waals surface area contributed by atoms with Crippen molar-refractivity contribution in [3.63, 3.8) is 0 Å². The van der Waals surface area contributed by atoms with Crippen LogP contribution in [0.15, 0.2) is 12.3 Å². The van der Waals surface area contributed by atoms with Crippen molar-refractivity contribution < 1.29 is 35.3 Å². The van der Waals surface area contributed by atoms with E-state index < -0.39 is 11.7 Å². The first-order valence-corrected chi connectivity index (χ1v) is 1.25. The molecule has 0 heterocycles. The fraction of sp³-hybridized carbons (Fsp3) is 0. The van der Waals surface area contributed by atoms with Crippen LogP contribution in [0, 0.1) is 0 Å². The van der Waals surface area contributed by atoms with Crippen LogP contribution in [0.2, 0.25) is 0 Å². The van der Waals surface area contributed by atoms with E-state index in [1.165, 1.54) is 0 Å². The molecule has 0 aliphatic carbocycles. The Morgan fingerprint density at radius 2 is 1.71 bits per heavy atom. The number of carboxylic acid groups (broad SMARTS) is 1. The van der Waals surface area contributed by atoms with Gasteiger partial charge in [-0.15, -0.1) is 0 Å². The molecule has 0 aromatic heterocycles. The molecule has 2 N–H and O–H groups in total. The zero-order valence-corrected chi connectivity index (χ0v) is 4.01. The molecule has 0 amide bonds. The minimum absolute atomic E-state index is 0. The van der Waals surface area contributed by atoms with Gasteiger partial charge in [-0.05, 0) is 6.58 Å². The summed E-state index contributed by atoms with van der Waals surface area (Å²) in [5.74, 6) is -2.20. The molecule has 0 radical (unpaired) electrons. The summed E-state index contributed by atoms with van der Waals surface area (Å²) in [6, 6.07) is 0. The first-order chi connectivity index (χ1) is 2.64. The standard InChI is InChI=1S/C3H4O3.Li.H/c1-2(4)3(5)6;;/h4H,1H2,(H,5,6);;/q;+1;-1. The third kappa shape index (κ3) is 5.61. The van der Waals surface area contributed by atoms with E-state index in [0.29, 0.717) is 0 Å². The SMILES string of the molecule is C=C(O)C(=O)O.[H-].[Li+]. The number of hydrogen-bond donors (Lipinski definition) is 2. The Hall–Kier alpha value is -0.393. The van der Waals surface area contributed by atoms with Crippen LogP contribution in [0.5, 0.6) is 0 Å². The van der Waals surface area contributed by atoms with Crippen molar-refractivity contribution in [2.45, 2.75) is 0 Å². The molecule has 0 saturated carbocycles. The van der Waals surface area contributed by atoms with Crippen LogP contribution in [0.1, 0.15) is 1.43 Å². The van der Waals surface area contributed by atoms with Gasteiger partial charge in [0.05, 0.1) is 0 Å². The van der Waals surface area contributed by atoms with E-state index in [-0.39, 0.29) is 20.3 Å². The monoisotopic (exact) mass is 96.0 g/mol. The molecule has 0 aromatic carbocycles. The number of aliphatic hydroxyl groups excluding tert-OH is 1. The van der Waals surface area contributed by atoms with Crippen molar-refractivity contribution in [2.75, 3.05) is 0 Å². The topological polar surface area (TPSA) is 57.5 Å². The van der Waals surface area contributed by atoms with Crippen LogP contribution in [0.3, 0.4) is 0 Å². The van der Waals surface area contributed by atoms with Gasteiger partial charge in [0.1, 0.15) is 0 Å². The Bertz CT molecular complexity index is 80.5. The zero-order valence-electron chi connectivity index (χ0n) is 5.01. The van der Waals surface area contributed by atoms with Crippen LogP contribution < -0.4 is 18.9 Å². The molecule has 0 aromatic rings. The molecule has 7 heavy (non-hydrogen) atoms. The third-order valence-electron chi connectivity index (χ3n) is 0.247. The van der Waals surface area contributed by atoms with Crippen molar-refractivity contribution >= 4 is 5.97 Å². The molecular formula is C3H5LiO3. The number of carboxylic acids is 1. The summed E-state index contributed by atoms with van der Waals surface area (Å²) in [6.07, 6.45) is 0. The average Bonchev–Trinajstić information content (AvgIpc) is 1.36. The van der Waals surface area contributed by atoms with Crippen LogP contribution in [0.25, 0.3) is 0 Å². The number of aliphatic hydroxyl groups is 1. The van der Waals surface area contributed by atoms with Crippen LogP contribution >= 0.6 is 0 Å². The van der Waals surface area contributed by atoms with Gasteiger partial charge >= 0.3 is 24.8 Å². The Morgan fingerprint density at radius 3 is 1.71 bits per heavy atom. The summed E-state index contributed by atoms with van der Waals surface area (Å²) >= 11 is 0. The van der Waals surface area contributed by atoms with Gasteiger partial charge in [-0.2, -0.15) is 0 Å². The van der Waals surface area contributed by atoms with Crippen molar-refractivity contribution in [2.24, 2.45) is 0 Å². The van der Waals surface area contributed by atoms with Gasteiger partial charge in [-0.25, -0.2) is 4.79 Å². The second-order valence-corrected chi connectivity index (χ2v) is 0.752.